The second-order valence-corrected chi connectivity index (χ2v) is 6.56. The first-order chi connectivity index (χ1) is 11.5. The van der Waals surface area contributed by atoms with Crippen molar-refractivity contribution in [2.75, 3.05) is 6.61 Å². The molecule has 2 rings (SSSR count). The molecule has 0 aliphatic rings. The van der Waals surface area contributed by atoms with E-state index in [9.17, 15) is 4.79 Å². The number of hydrazone groups is 1. The Morgan fingerprint density at radius 1 is 1.33 bits per heavy atom. The number of hydrogen-bond donors (Lipinski definition) is 1. The molecule has 0 saturated carbocycles. The number of ether oxygens (including phenoxy) is 1. The van der Waals surface area contributed by atoms with Crippen LogP contribution in [0.15, 0.2) is 52.0 Å². The Morgan fingerprint density at radius 3 is 2.92 bits per heavy atom. The normalized spacial score (nSPS) is 10.8. The van der Waals surface area contributed by atoms with Crippen molar-refractivity contribution in [1.29, 1.82) is 0 Å². The first-order valence-corrected chi connectivity index (χ1v) is 8.68. The van der Waals surface area contributed by atoms with E-state index in [1.165, 1.54) is 0 Å². The molecule has 0 unspecified atom stereocenters. The Balaban J connectivity index is 1.68. The molecule has 0 aliphatic carbocycles. The average Bonchev–Trinajstić information content (AvgIpc) is 2.53. The highest BCUT2D eigenvalue weighted by Gasteiger charge is 2.02. The zero-order valence-electron chi connectivity index (χ0n) is 13.3. The first kappa shape index (κ1) is 18.5. The molecule has 2 aromatic rings. The van der Waals surface area contributed by atoms with Crippen LogP contribution in [0.1, 0.15) is 24.0 Å². The van der Waals surface area contributed by atoms with Gasteiger partial charge in [0.2, 0.25) is 5.91 Å². The number of nitrogens with zero attached hydrogens (tertiary/aromatic N) is 1. The lowest BCUT2D eigenvalue weighted by Gasteiger charge is -2.08. The molecule has 6 heteroatoms. The molecule has 0 fully saturated rings. The number of benzene rings is 2. The van der Waals surface area contributed by atoms with Crippen LogP contribution < -0.4 is 10.2 Å². The van der Waals surface area contributed by atoms with Crippen LogP contribution >= 0.6 is 27.5 Å². The molecule has 2 aromatic carbocycles. The largest absolute Gasteiger partial charge is 0.493 e. The van der Waals surface area contributed by atoms with Crippen molar-refractivity contribution in [3.05, 3.63) is 63.1 Å². The molecule has 24 heavy (non-hydrogen) atoms. The van der Waals surface area contributed by atoms with E-state index in [2.05, 4.69) is 26.5 Å². The SMILES string of the molecule is Cc1cc(Cl)ccc1OCCCC(=O)NN=Cc1cccc(Br)c1. The summed E-state index contributed by atoms with van der Waals surface area (Å²) in [4.78, 5) is 11.7. The van der Waals surface area contributed by atoms with Gasteiger partial charge in [-0.3, -0.25) is 4.79 Å². The third-order valence-electron chi connectivity index (χ3n) is 3.19. The molecule has 4 nitrogen and oxygen atoms in total. The van der Waals surface area contributed by atoms with E-state index >= 15 is 0 Å². The molecule has 0 saturated heterocycles. The van der Waals surface area contributed by atoms with Crippen LogP contribution in [0.3, 0.4) is 0 Å². The zero-order valence-corrected chi connectivity index (χ0v) is 15.6. The van der Waals surface area contributed by atoms with Gasteiger partial charge in [0.05, 0.1) is 12.8 Å². The van der Waals surface area contributed by atoms with Crippen molar-refractivity contribution >= 4 is 39.7 Å². The number of carbonyl (C=O) groups excluding carboxylic acids is 1. The van der Waals surface area contributed by atoms with Crippen LogP contribution in [0.25, 0.3) is 0 Å². The fourth-order valence-electron chi connectivity index (χ4n) is 2.01. The van der Waals surface area contributed by atoms with Gasteiger partial charge in [-0.15, -0.1) is 0 Å². The summed E-state index contributed by atoms with van der Waals surface area (Å²) in [6, 6.07) is 13.1. The van der Waals surface area contributed by atoms with Crippen molar-refractivity contribution in [3.63, 3.8) is 0 Å². The summed E-state index contributed by atoms with van der Waals surface area (Å²) in [7, 11) is 0. The van der Waals surface area contributed by atoms with Crippen LogP contribution in [0, 0.1) is 6.92 Å². The van der Waals surface area contributed by atoms with E-state index in [0.717, 1.165) is 21.3 Å². The summed E-state index contributed by atoms with van der Waals surface area (Å²) >= 11 is 9.28. The van der Waals surface area contributed by atoms with Gasteiger partial charge in [-0.05, 0) is 54.8 Å². The van der Waals surface area contributed by atoms with Gasteiger partial charge in [0.1, 0.15) is 5.75 Å². The third-order valence-corrected chi connectivity index (χ3v) is 3.92. The predicted molar refractivity (Wildman–Crippen MR) is 101 cm³/mol. The van der Waals surface area contributed by atoms with Gasteiger partial charge in [0, 0.05) is 15.9 Å². The molecule has 0 bridgehead atoms. The van der Waals surface area contributed by atoms with Gasteiger partial charge in [-0.1, -0.05) is 39.7 Å². The van der Waals surface area contributed by atoms with Crippen LogP contribution in [0.2, 0.25) is 5.02 Å². The highest BCUT2D eigenvalue weighted by atomic mass is 79.9. The van der Waals surface area contributed by atoms with Crippen molar-refractivity contribution in [2.45, 2.75) is 19.8 Å². The van der Waals surface area contributed by atoms with Gasteiger partial charge in [-0.25, -0.2) is 5.43 Å². The van der Waals surface area contributed by atoms with Crippen molar-refractivity contribution in [1.82, 2.24) is 5.43 Å². The summed E-state index contributed by atoms with van der Waals surface area (Å²) in [6.45, 7) is 2.40. The lowest BCUT2D eigenvalue weighted by Crippen LogP contribution is -2.18. The maximum Gasteiger partial charge on any atom is 0.240 e. The Morgan fingerprint density at radius 2 is 2.17 bits per heavy atom. The minimum atomic E-state index is -0.141. The van der Waals surface area contributed by atoms with Crippen molar-refractivity contribution < 1.29 is 9.53 Å². The number of halogens is 2. The molecule has 0 radical (unpaired) electrons. The summed E-state index contributed by atoms with van der Waals surface area (Å²) in [5.41, 5.74) is 4.40. The predicted octanol–water partition coefficient (Wildman–Crippen LogP) is 4.72. The quantitative estimate of drug-likeness (QED) is 0.409. The standard InChI is InChI=1S/C18H18BrClN2O2/c1-13-10-16(20)7-8-17(13)24-9-3-6-18(23)22-21-12-14-4-2-5-15(19)11-14/h2,4-5,7-8,10-12H,3,6,9H2,1H3,(H,22,23). The molecule has 1 amide bonds. The molecular weight excluding hydrogens is 392 g/mol. The maximum atomic E-state index is 11.7. The van der Waals surface area contributed by atoms with E-state index < -0.39 is 0 Å². The highest BCUT2D eigenvalue weighted by molar-refractivity contribution is 9.10. The Labute approximate surface area is 155 Å². The third kappa shape index (κ3) is 6.34. The smallest absolute Gasteiger partial charge is 0.240 e. The number of nitrogens with one attached hydrogen (secondary N) is 1. The lowest BCUT2D eigenvalue weighted by atomic mass is 10.2. The Hall–Kier alpha value is -1.85. The molecule has 0 aromatic heterocycles. The lowest BCUT2D eigenvalue weighted by molar-refractivity contribution is -0.121. The first-order valence-electron chi connectivity index (χ1n) is 7.51. The molecule has 0 spiro atoms. The van der Waals surface area contributed by atoms with E-state index in [1.807, 2.05) is 43.3 Å². The van der Waals surface area contributed by atoms with Gasteiger partial charge in [0.25, 0.3) is 0 Å². The van der Waals surface area contributed by atoms with Crippen LogP contribution in [0.5, 0.6) is 5.75 Å². The minimum absolute atomic E-state index is 0.141. The fraction of sp³-hybridized carbons (Fsp3) is 0.222. The number of hydrogen-bond acceptors (Lipinski definition) is 3. The van der Waals surface area contributed by atoms with E-state index in [-0.39, 0.29) is 5.91 Å². The summed E-state index contributed by atoms with van der Waals surface area (Å²) in [6.07, 6.45) is 2.57. The number of aryl methyl sites for hydroxylation is 1. The van der Waals surface area contributed by atoms with E-state index in [4.69, 9.17) is 16.3 Å². The molecular formula is C18H18BrClN2O2. The average molecular weight is 410 g/mol. The second-order valence-electron chi connectivity index (χ2n) is 5.21. The number of amides is 1. The molecule has 0 heterocycles. The molecule has 0 aliphatic heterocycles. The summed E-state index contributed by atoms with van der Waals surface area (Å²) in [5.74, 6) is 0.644. The number of rotatable bonds is 7. The number of carbonyl (C=O) groups is 1. The van der Waals surface area contributed by atoms with Gasteiger partial charge >= 0.3 is 0 Å². The van der Waals surface area contributed by atoms with E-state index in [1.54, 1.807) is 12.3 Å². The van der Waals surface area contributed by atoms with Gasteiger partial charge in [0.15, 0.2) is 0 Å². The maximum absolute atomic E-state index is 11.7. The van der Waals surface area contributed by atoms with Crippen LogP contribution in [-0.2, 0) is 4.79 Å². The second kappa shape index (κ2) is 9.45. The Bertz CT molecular complexity index is 735. The minimum Gasteiger partial charge on any atom is -0.493 e. The van der Waals surface area contributed by atoms with Gasteiger partial charge in [-0.2, -0.15) is 5.10 Å². The topological polar surface area (TPSA) is 50.7 Å². The van der Waals surface area contributed by atoms with Crippen LogP contribution in [-0.4, -0.2) is 18.7 Å². The monoisotopic (exact) mass is 408 g/mol. The highest BCUT2D eigenvalue weighted by Crippen LogP contribution is 2.21. The summed E-state index contributed by atoms with van der Waals surface area (Å²) < 4.78 is 6.61. The zero-order chi connectivity index (χ0) is 17.4. The Kier molecular flexibility index (Phi) is 7.28. The van der Waals surface area contributed by atoms with Crippen molar-refractivity contribution in [2.24, 2.45) is 5.10 Å². The van der Waals surface area contributed by atoms with Gasteiger partial charge < -0.3 is 4.74 Å². The fourth-order valence-corrected chi connectivity index (χ4v) is 2.65. The molecule has 1 N–H and O–H groups in total. The van der Waals surface area contributed by atoms with Crippen molar-refractivity contribution in [3.8, 4) is 5.75 Å². The molecule has 0 atom stereocenters. The van der Waals surface area contributed by atoms with E-state index in [0.29, 0.717) is 24.5 Å². The summed E-state index contributed by atoms with van der Waals surface area (Å²) in [5, 5.41) is 4.63. The molecule has 126 valence electrons. The van der Waals surface area contributed by atoms with Crippen LogP contribution in [0.4, 0.5) is 0 Å².